The summed E-state index contributed by atoms with van der Waals surface area (Å²) >= 11 is 0. The van der Waals surface area contributed by atoms with Crippen LogP contribution in [0.2, 0.25) is 0 Å². The molecule has 0 aromatic rings. The van der Waals surface area contributed by atoms with E-state index in [1.165, 1.54) is 25.9 Å². The van der Waals surface area contributed by atoms with Gasteiger partial charge in [-0.1, -0.05) is 6.92 Å². The molecule has 4 heteroatoms. The summed E-state index contributed by atoms with van der Waals surface area (Å²) in [5, 5.41) is 0. The largest absolute Gasteiger partial charge is 0.344 e. The number of carbonyl (C=O) groups is 1. The summed E-state index contributed by atoms with van der Waals surface area (Å²) in [7, 11) is 1.88. The Labute approximate surface area is 98.8 Å². The van der Waals surface area contributed by atoms with Crippen LogP contribution in [0.15, 0.2) is 0 Å². The third kappa shape index (κ3) is 4.49. The summed E-state index contributed by atoms with van der Waals surface area (Å²) in [5.74, 6) is 0.175. The van der Waals surface area contributed by atoms with Gasteiger partial charge in [-0.25, -0.2) is 0 Å². The molecule has 1 unspecified atom stereocenters. The monoisotopic (exact) mass is 227 g/mol. The standard InChI is InChI=1S/C12H25N3O/c1-3-11(13)10-12(16)14(2)8-9-15-6-4-5-7-15/h11H,3-10,13H2,1-2H3. The predicted molar refractivity (Wildman–Crippen MR) is 66.2 cm³/mol. The molecule has 0 saturated carbocycles. The van der Waals surface area contributed by atoms with E-state index in [2.05, 4.69) is 4.90 Å². The van der Waals surface area contributed by atoms with Crippen molar-refractivity contribution in [3.05, 3.63) is 0 Å². The van der Waals surface area contributed by atoms with Gasteiger partial charge >= 0.3 is 0 Å². The zero-order chi connectivity index (χ0) is 12.0. The lowest BCUT2D eigenvalue weighted by Gasteiger charge is -2.22. The van der Waals surface area contributed by atoms with Crippen LogP contribution in [0.1, 0.15) is 32.6 Å². The Bertz CT molecular complexity index is 214. The summed E-state index contributed by atoms with van der Waals surface area (Å²) in [5.41, 5.74) is 5.77. The number of rotatable bonds is 6. The van der Waals surface area contributed by atoms with E-state index < -0.39 is 0 Å². The zero-order valence-electron chi connectivity index (χ0n) is 10.6. The van der Waals surface area contributed by atoms with Crippen molar-refractivity contribution >= 4 is 5.91 Å². The van der Waals surface area contributed by atoms with Gasteiger partial charge in [0.1, 0.15) is 0 Å². The zero-order valence-corrected chi connectivity index (χ0v) is 10.6. The number of hydrogen-bond acceptors (Lipinski definition) is 3. The Morgan fingerprint density at radius 3 is 2.62 bits per heavy atom. The van der Waals surface area contributed by atoms with Gasteiger partial charge in [-0.05, 0) is 32.4 Å². The molecule has 0 spiro atoms. The third-order valence-corrected chi connectivity index (χ3v) is 3.34. The highest BCUT2D eigenvalue weighted by atomic mass is 16.2. The second-order valence-electron chi connectivity index (χ2n) is 4.74. The molecule has 2 N–H and O–H groups in total. The van der Waals surface area contributed by atoms with Gasteiger partial charge in [-0.15, -0.1) is 0 Å². The minimum atomic E-state index is 0.0155. The van der Waals surface area contributed by atoms with Gasteiger partial charge in [0.25, 0.3) is 0 Å². The number of nitrogens with zero attached hydrogens (tertiary/aromatic N) is 2. The lowest BCUT2D eigenvalue weighted by molar-refractivity contribution is -0.130. The quantitative estimate of drug-likeness (QED) is 0.725. The molecule has 1 aliphatic rings. The van der Waals surface area contributed by atoms with Crippen LogP contribution in [-0.4, -0.2) is 55.0 Å². The van der Waals surface area contributed by atoms with Gasteiger partial charge in [-0.3, -0.25) is 4.79 Å². The van der Waals surface area contributed by atoms with Gasteiger partial charge in [-0.2, -0.15) is 0 Å². The van der Waals surface area contributed by atoms with Crippen LogP contribution in [0, 0.1) is 0 Å². The minimum Gasteiger partial charge on any atom is -0.344 e. The summed E-state index contributed by atoms with van der Waals surface area (Å²) < 4.78 is 0. The fourth-order valence-electron chi connectivity index (χ4n) is 1.95. The molecule has 1 saturated heterocycles. The molecule has 1 aliphatic heterocycles. The Balaban J connectivity index is 2.17. The first kappa shape index (κ1) is 13.5. The lowest BCUT2D eigenvalue weighted by atomic mass is 10.1. The molecule has 1 atom stereocenters. The van der Waals surface area contributed by atoms with Crippen LogP contribution in [0.25, 0.3) is 0 Å². The number of likely N-dealkylation sites (tertiary alicyclic amines) is 1. The summed E-state index contributed by atoms with van der Waals surface area (Å²) in [6, 6.07) is 0.0155. The SMILES string of the molecule is CCC(N)CC(=O)N(C)CCN1CCCC1. The van der Waals surface area contributed by atoms with Crippen molar-refractivity contribution in [2.45, 2.75) is 38.6 Å². The maximum absolute atomic E-state index is 11.7. The Morgan fingerprint density at radius 1 is 1.44 bits per heavy atom. The van der Waals surface area contributed by atoms with E-state index in [9.17, 15) is 4.79 Å². The van der Waals surface area contributed by atoms with Gasteiger partial charge in [0.05, 0.1) is 0 Å². The van der Waals surface area contributed by atoms with E-state index in [0.717, 1.165) is 19.5 Å². The molecular weight excluding hydrogens is 202 g/mol. The Morgan fingerprint density at radius 2 is 2.06 bits per heavy atom. The van der Waals surface area contributed by atoms with Crippen molar-refractivity contribution in [3.63, 3.8) is 0 Å². The number of nitrogens with two attached hydrogens (primary N) is 1. The van der Waals surface area contributed by atoms with Crippen molar-refractivity contribution in [1.82, 2.24) is 9.80 Å². The molecule has 1 rings (SSSR count). The molecule has 0 aromatic heterocycles. The van der Waals surface area contributed by atoms with E-state index in [1.54, 1.807) is 0 Å². The van der Waals surface area contributed by atoms with E-state index in [-0.39, 0.29) is 11.9 Å². The van der Waals surface area contributed by atoms with Crippen LogP contribution >= 0.6 is 0 Å². The van der Waals surface area contributed by atoms with Crippen molar-refractivity contribution in [3.8, 4) is 0 Å². The van der Waals surface area contributed by atoms with E-state index in [0.29, 0.717) is 6.42 Å². The number of likely N-dealkylation sites (N-methyl/N-ethyl adjacent to an activating group) is 1. The van der Waals surface area contributed by atoms with Crippen LogP contribution in [0.3, 0.4) is 0 Å². The highest BCUT2D eigenvalue weighted by molar-refractivity contribution is 5.76. The van der Waals surface area contributed by atoms with Gasteiger partial charge in [0, 0.05) is 32.6 Å². The average molecular weight is 227 g/mol. The second-order valence-corrected chi connectivity index (χ2v) is 4.74. The number of amides is 1. The summed E-state index contributed by atoms with van der Waals surface area (Å²) in [4.78, 5) is 16.0. The number of carbonyl (C=O) groups excluding carboxylic acids is 1. The van der Waals surface area contributed by atoms with Gasteiger partial charge in [0.2, 0.25) is 5.91 Å². The molecule has 0 aromatic carbocycles. The van der Waals surface area contributed by atoms with E-state index in [4.69, 9.17) is 5.73 Å². The van der Waals surface area contributed by atoms with Crippen molar-refractivity contribution in [2.75, 3.05) is 33.2 Å². The molecule has 4 nitrogen and oxygen atoms in total. The molecule has 0 radical (unpaired) electrons. The lowest BCUT2D eigenvalue weighted by Crippen LogP contribution is -2.37. The van der Waals surface area contributed by atoms with Crippen molar-refractivity contribution in [2.24, 2.45) is 5.73 Å². The smallest absolute Gasteiger partial charge is 0.223 e. The number of hydrogen-bond donors (Lipinski definition) is 1. The van der Waals surface area contributed by atoms with E-state index in [1.807, 2.05) is 18.9 Å². The van der Waals surface area contributed by atoms with Crippen LogP contribution in [0.4, 0.5) is 0 Å². The van der Waals surface area contributed by atoms with E-state index >= 15 is 0 Å². The maximum Gasteiger partial charge on any atom is 0.223 e. The van der Waals surface area contributed by atoms with Gasteiger partial charge < -0.3 is 15.5 Å². The average Bonchev–Trinajstić information content (AvgIpc) is 2.78. The van der Waals surface area contributed by atoms with Crippen LogP contribution in [0.5, 0.6) is 0 Å². The molecule has 1 amide bonds. The minimum absolute atomic E-state index is 0.0155. The van der Waals surface area contributed by atoms with Gasteiger partial charge in [0.15, 0.2) is 0 Å². The third-order valence-electron chi connectivity index (χ3n) is 3.34. The first-order valence-electron chi connectivity index (χ1n) is 6.35. The first-order chi connectivity index (χ1) is 7.63. The highest BCUT2D eigenvalue weighted by Crippen LogP contribution is 2.07. The molecule has 0 aliphatic carbocycles. The van der Waals surface area contributed by atoms with Crippen LogP contribution in [-0.2, 0) is 4.79 Å². The normalized spacial score (nSPS) is 18.7. The molecule has 94 valence electrons. The van der Waals surface area contributed by atoms with Crippen LogP contribution < -0.4 is 5.73 Å². The van der Waals surface area contributed by atoms with Crippen molar-refractivity contribution in [1.29, 1.82) is 0 Å². The molecule has 1 heterocycles. The molecule has 0 bridgehead atoms. The van der Waals surface area contributed by atoms with Crippen molar-refractivity contribution < 1.29 is 4.79 Å². The highest BCUT2D eigenvalue weighted by Gasteiger charge is 2.15. The molecular formula is C12H25N3O. The predicted octanol–water partition coefficient (Wildman–Crippen LogP) is 0.668. The first-order valence-corrected chi connectivity index (χ1v) is 6.35. The summed E-state index contributed by atoms with van der Waals surface area (Å²) in [6.07, 6.45) is 3.95. The topological polar surface area (TPSA) is 49.6 Å². The maximum atomic E-state index is 11.7. The summed E-state index contributed by atoms with van der Waals surface area (Å²) in [6.45, 7) is 6.23. The Hall–Kier alpha value is -0.610. The molecule has 1 fully saturated rings. The fourth-order valence-corrected chi connectivity index (χ4v) is 1.95. The molecule has 16 heavy (non-hydrogen) atoms. The fraction of sp³-hybridized carbons (Fsp3) is 0.917. The Kier molecular flexibility index (Phi) is 5.77. The second kappa shape index (κ2) is 6.86.